The van der Waals surface area contributed by atoms with Crippen LogP contribution in [0.4, 0.5) is 59.7 Å². The summed E-state index contributed by atoms with van der Waals surface area (Å²) < 4.78 is 167. The quantitative estimate of drug-likeness (QED) is 0.0638. The number of allylic oxidation sites excluding steroid dienone is 2. The number of alkyl halides is 3. The van der Waals surface area contributed by atoms with E-state index in [1.165, 1.54) is 12.1 Å². The van der Waals surface area contributed by atoms with Gasteiger partial charge in [-0.05, 0) is 58.2 Å². The standard InChI is InChI=1S/C32H7F11N6O4S/c1-8-10(31(46-2)47-3)4-12-14(8)15(18-20(33)24(37)28(48(50)51)25(38)21(18)34)13-5-11(9(6-44)7-45)30(54-32(41,42)43)17(13)16(12)19-22(35)26(39)29(49(52)53)27(40)23(19)36/h4-5H2,1H3. The molecule has 0 aromatic heterocycles. The third kappa shape index (κ3) is 5.55. The van der Waals surface area contributed by atoms with Crippen molar-refractivity contribution >= 4 is 33.6 Å². The first-order valence-electron chi connectivity index (χ1n) is 13.9. The number of nitrogens with zero attached hydrogens (tertiary/aromatic N) is 6. The second-order valence-electron chi connectivity index (χ2n) is 10.9. The Kier molecular flexibility index (Phi) is 9.49. The fraction of sp³-hybridized carbons (Fsp3) is 0.125. The van der Waals surface area contributed by atoms with Gasteiger partial charge < -0.3 is 0 Å². The van der Waals surface area contributed by atoms with Crippen molar-refractivity contribution < 1.29 is 58.1 Å². The number of fused-ring (bicyclic) bond motifs is 2. The molecule has 3 aromatic carbocycles. The molecule has 10 nitrogen and oxygen atoms in total. The first kappa shape index (κ1) is 38.5. The molecule has 0 saturated heterocycles. The molecule has 22 heteroatoms. The zero-order valence-corrected chi connectivity index (χ0v) is 26.6. The van der Waals surface area contributed by atoms with E-state index in [4.69, 9.17) is 13.1 Å². The molecule has 2 aliphatic rings. The SMILES string of the molecule is [C-]#[N+]C([N+]#[C-])=C1Cc2c(-c3c(F)c(F)c([N+](=O)[O-])c(F)c3F)c3c(c(-c4c(F)c(F)c([N+](=O)[O-])c(F)c4F)c2=C1C)CC(=C(C#N)C#N)C=3SC(F)(F)F. The molecule has 272 valence electrons. The van der Waals surface area contributed by atoms with Gasteiger partial charge in [0.05, 0.1) is 26.5 Å². The van der Waals surface area contributed by atoms with Gasteiger partial charge in [-0.25, -0.2) is 17.6 Å². The van der Waals surface area contributed by atoms with E-state index in [9.17, 15) is 43.9 Å². The highest BCUT2D eigenvalue weighted by Crippen LogP contribution is 2.49. The Labute approximate surface area is 295 Å². The van der Waals surface area contributed by atoms with Crippen molar-refractivity contribution in [2.24, 2.45) is 0 Å². The second-order valence-corrected chi connectivity index (χ2v) is 12.0. The van der Waals surface area contributed by atoms with E-state index in [0.717, 1.165) is 6.92 Å². The van der Waals surface area contributed by atoms with Gasteiger partial charge in [-0.1, -0.05) is 0 Å². The Morgan fingerprint density at radius 3 is 1.41 bits per heavy atom. The first-order chi connectivity index (χ1) is 25.2. The summed E-state index contributed by atoms with van der Waals surface area (Å²) in [6.07, 6.45) is -2.37. The van der Waals surface area contributed by atoms with Gasteiger partial charge in [0.2, 0.25) is 23.3 Å². The van der Waals surface area contributed by atoms with Crippen LogP contribution in [0.2, 0.25) is 0 Å². The van der Waals surface area contributed by atoms with E-state index in [1.54, 1.807) is 0 Å². The van der Waals surface area contributed by atoms with Crippen LogP contribution in [0.15, 0.2) is 22.5 Å². The average Bonchev–Trinajstić information content (AvgIpc) is 3.61. The summed E-state index contributed by atoms with van der Waals surface area (Å²) in [6, 6.07) is 2.48. The summed E-state index contributed by atoms with van der Waals surface area (Å²) in [5.41, 5.74) is -22.0. The Hall–Kier alpha value is -6.78. The van der Waals surface area contributed by atoms with Crippen molar-refractivity contribution in [1.29, 1.82) is 10.5 Å². The maximum atomic E-state index is 16.0. The van der Waals surface area contributed by atoms with E-state index < -0.39 is 175 Å². The minimum absolute atomic E-state index is 0.504. The molecular formula is C32H7F11N6O4S. The maximum Gasteiger partial charge on any atom is 0.523 e. The summed E-state index contributed by atoms with van der Waals surface area (Å²) >= 11 is -1.23. The zero-order chi connectivity index (χ0) is 40.5. The third-order valence-electron chi connectivity index (χ3n) is 8.31. The highest BCUT2D eigenvalue weighted by atomic mass is 32.2. The van der Waals surface area contributed by atoms with Crippen LogP contribution in [0.1, 0.15) is 18.1 Å². The van der Waals surface area contributed by atoms with Crippen LogP contribution in [-0.2, 0) is 12.8 Å². The van der Waals surface area contributed by atoms with Crippen molar-refractivity contribution in [3.05, 3.63) is 134 Å². The Balaban J connectivity index is 2.30. The maximum absolute atomic E-state index is 16.0. The fourth-order valence-electron chi connectivity index (χ4n) is 6.29. The van der Waals surface area contributed by atoms with Crippen LogP contribution in [0.25, 0.3) is 42.4 Å². The van der Waals surface area contributed by atoms with E-state index in [0.29, 0.717) is 0 Å². The number of nitriles is 2. The molecule has 5 rings (SSSR count). The topological polar surface area (TPSA) is 143 Å². The predicted octanol–water partition coefficient (Wildman–Crippen LogP) is 7.99. The predicted molar refractivity (Wildman–Crippen MR) is 162 cm³/mol. The van der Waals surface area contributed by atoms with Gasteiger partial charge in [0.15, 0.2) is 23.3 Å². The number of rotatable bonds is 5. The monoisotopic (exact) mass is 780 g/mol. The lowest BCUT2D eigenvalue weighted by Gasteiger charge is -2.19. The average molecular weight is 780 g/mol. The van der Waals surface area contributed by atoms with Crippen LogP contribution >= 0.6 is 11.8 Å². The summed E-state index contributed by atoms with van der Waals surface area (Å²) in [5, 5.41) is 39.7. The van der Waals surface area contributed by atoms with Crippen molar-refractivity contribution in [2.75, 3.05) is 0 Å². The fourth-order valence-corrected chi connectivity index (χ4v) is 7.14. The first-order valence-corrected chi connectivity index (χ1v) is 14.7. The molecule has 0 radical (unpaired) electrons. The van der Waals surface area contributed by atoms with Crippen molar-refractivity contribution in [1.82, 2.24) is 0 Å². The van der Waals surface area contributed by atoms with Crippen LogP contribution in [0.5, 0.6) is 0 Å². The summed E-state index contributed by atoms with van der Waals surface area (Å²) in [7, 11) is 0. The lowest BCUT2D eigenvalue weighted by atomic mass is 9.85. The lowest BCUT2D eigenvalue weighted by molar-refractivity contribution is -0.390. The number of hydrogen-bond acceptors (Lipinski definition) is 7. The Bertz CT molecular complexity index is 2640. The molecule has 0 saturated carbocycles. The van der Waals surface area contributed by atoms with Crippen LogP contribution in [0.3, 0.4) is 0 Å². The van der Waals surface area contributed by atoms with E-state index in [1.807, 2.05) is 0 Å². The van der Waals surface area contributed by atoms with E-state index >= 15 is 35.1 Å². The highest BCUT2D eigenvalue weighted by molar-refractivity contribution is 8.09. The van der Waals surface area contributed by atoms with Gasteiger partial charge in [-0.15, -0.1) is 0 Å². The van der Waals surface area contributed by atoms with Gasteiger partial charge in [-0.3, -0.25) is 20.2 Å². The second kappa shape index (κ2) is 13.3. The molecule has 0 amide bonds. The smallest absolute Gasteiger partial charge is 0.258 e. The molecule has 54 heavy (non-hydrogen) atoms. The molecule has 0 N–H and O–H groups in total. The summed E-state index contributed by atoms with van der Waals surface area (Å²) in [6.45, 7) is 15.7. The molecule has 0 fully saturated rings. The molecule has 0 aliphatic heterocycles. The molecule has 0 bridgehead atoms. The van der Waals surface area contributed by atoms with Crippen molar-refractivity contribution in [2.45, 2.75) is 25.3 Å². The normalized spacial score (nSPS) is 13.2. The number of hydrogen-bond donors (Lipinski definition) is 0. The van der Waals surface area contributed by atoms with E-state index in [-0.39, 0.29) is 0 Å². The molecule has 0 heterocycles. The van der Waals surface area contributed by atoms with Crippen LogP contribution in [0, 0.1) is 103 Å². The number of halogens is 11. The van der Waals surface area contributed by atoms with Gasteiger partial charge in [0.25, 0.3) is 0 Å². The van der Waals surface area contributed by atoms with Crippen molar-refractivity contribution in [3.8, 4) is 34.4 Å². The van der Waals surface area contributed by atoms with Gasteiger partial charge in [0.1, 0.15) is 30.9 Å². The minimum atomic E-state index is -5.49. The van der Waals surface area contributed by atoms with E-state index in [2.05, 4.69) is 9.69 Å². The Morgan fingerprint density at radius 1 is 0.685 bits per heavy atom. The molecular weight excluding hydrogens is 773 g/mol. The van der Waals surface area contributed by atoms with Gasteiger partial charge in [-0.2, -0.15) is 50.9 Å². The summed E-state index contributed by atoms with van der Waals surface area (Å²) in [5.74, 6) is -22.0. The lowest BCUT2D eigenvalue weighted by Crippen LogP contribution is -2.27. The third-order valence-corrected chi connectivity index (χ3v) is 9.20. The van der Waals surface area contributed by atoms with Gasteiger partial charge in [0, 0.05) is 22.1 Å². The number of nitro benzene ring substituents is 2. The highest BCUT2D eigenvalue weighted by Gasteiger charge is 2.44. The molecule has 0 spiro atoms. The van der Waals surface area contributed by atoms with Crippen molar-refractivity contribution in [3.63, 3.8) is 0 Å². The van der Waals surface area contributed by atoms with Crippen LogP contribution < -0.4 is 10.4 Å². The number of thioether (sulfide) groups is 1. The largest absolute Gasteiger partial charge is 0.523 e. The molecule has 0 atom stereocenters. The molecule has 0 unspecified atom stereocenters. The Morgan fingerprint density at radius 2 is 1.06 bits per heavy atom. The number of nitro groups is 2. The van der Waals surface area contributed by atoms with Crippen LogP contribution in [-0.4, -0.2) is 15.4 Å². The number of benzene rings is 3. The molecule has 2 aliphatic carbocycles. The molecule has 3 aromatic rings. The minimum Gasteiger partial charge on any atom is -0.258 e. The van der Waals surface area contributed by atoms with Gasteiger partial charge >= 0.3 is 22.7 Å². The zero-order valence-electron chi connectivity index (χ0n) is 25.8. The summed E-state index contributed by atoms with van der Waals surface area (Å²) in [4.78, 5) is 23.4.